The fourth-order valence-electron chi connectivity index (χ4n) is 2.96. The van der Waals surface area contributed by atoms with Gasteiger partial charge >= 0.3 is 0 Å². The summed E-state index contributed by atoms with van der Waals surface area (Å²) in [4.78, 5) is 12.9. The van der Waals surface area contributed by atoms with Gasteiger partial charge < -0.3 is 0 Å². The van der Waals surface area contributed by atoms with Crippen LogP contribution in [-0.4, -0.2) is 20.5 Å². The Hall–Kier alpha value is -2.27. The van der Waals surface area contributed by atoms with Crippen LogP contribution in [0.1, 0.15) is 21.5 Å². The van der Waals surface area contributed by atoms with Crippen molar-refractivity contribution in [2.75, 3.05) is 0 Å². The molecule has 0 N–H and O–H groups in total. The Morgan fingerprint density at radius 3 is 2.52 bits per heavy atom. The number of fused-ring (bicyclic) bond motifs is 1. The Balaban J connectivity index is 1.90. The fourth-order valence-corrected chi connectivity index (χ4v) is 4.07. The van der Waals surface area contributed by atoms with Crippen molar-refractivity contribution in [2.24, 2.45) is 5.16 Å². The van der Waals surface area contributed by atoms with Crippen LogP contribution in [0.25, 0.3) is 0 Å². The molecule has 1 unspecified atom stereocenters. The lowest BCUT2D eigenvalue weighted by atomic mass is 9.92. The van der Waals surface area contributed by atoms with Gasteiger partial charge in [0.25, 0.3) is 11.1 Å². The topological polar surface area (TPSA) is 55.7 Å². The van der Waals surface area contributed by atoms with E-state index in [0.29, 0.717) is 17.7 Å². The van der Waals surface area contributed by atoms with Crippen LogP contribution in [-0.2, 0) is 21.8 Å². The number of hydrogen-bond acceptors (Lipinski definition) is 4. The first-order valence-corrected chi connectivity index (χ1v) is 7.67. The van der Waals surface area contributed by atoms with Gasteiger partial charge in [-0.05, 0) is 5.56 Å². The molecule has 0 fully saturated rings. The lowest BCUT2D eigenvalue weighted by molar-refractivity contribution is 0.0981. The van der Waals surface area contributed by atoms with Gasteiger partial charge in [0, 0.05) is 17.5 Å². The molecule has 0 saturated carbocycles. The molecular formula is C16H11NO3S. The molecule has 0 amide bonds. The van der Waals surface area contributed by atoms with Gasteiger partial charge in [-0.2, -0.15) is 0 Å². The average molecular weight is 297 g/mol. The first kappa shape index (κ1) is 12.5. The molecule has 1 spiro atoms. The van der Waals surface area contributed by atoms with Gasteiger partial charge in [-0.3, -0.25) is 9.08 Å². The number of carbonyl (C=O) groups is 1. The summed E-state index contributed by atoms with van der Waals surface area (Å²) >= 11 is -1.80. The molecule has 1 aliphatic heterocycles. The van der Waals surface area contributed by atoms with Crippen LogP contribution in [0, 0.1) is 0 Å². The molecule has 104 valence electrons. The van der Waals surface area contributed by atoms with Crippen molar-refractivity contribution in [3.05, 3.63) is 71.3 Å². The van der Waals surface area contributed by atoms with E-state index >= 15 is 0 Å². The number of carbonyl (C=O) groups excluding carboxylic acids is 1. The van der Waals surface area contributed by atoms with E-state index in [1.54, 1.807) is 6.07 Å². The predicted octanol–water partition coefficient (Wildman–Crippen LogP) is 2.26. The third-order valence-corrected chi connectivity index (χ3v) is 5.28. The Morgan fingerprint density at radius 1 is 1.05 bits per heavy atom. The number of Topliss-reactive ketones (excluding diaryl/α,β-unsaturated/α-hetero) is 1. The molecule has 0 bridgehead atoms. The molecule has 2 aromatic rings. The van der Waals surface area contributed by atoms with Gasteiger partial charge in [0.15, 0.2) is 10.5 Å². The minimum Gasteiger partial charge on any atom is -0.292 e. The molecular weight excluding hydrogens is 286 g/mol. The second kappa shape index (κ2) is 4.36. The summed E-state index contributed by atoms with van der Waals surface area (Å²) in [5, 5.41) is 3.95. The van der Waals surface area contributed by atoms with Gasteiger partial charge in [-0.25, -0.2) is 4.21 Å². The largest absolute Gasteiger partial charge is 0.292 e. The lowest BCUT2D eigenvalue weighted by Crippen LogP contribution is -2.46. The molecule has 4 rings (SSSR count). The van der Waals surface area contributed by atoms with Crippen molar-refractivity contribution in [3.63, 3.8) is 0 Å². The molecule has 2 atom stereocenters. The summed E-state index contributed by atoms with van der Waals surface area (Å²) < 4.78 is 16.2. The molecule has 2 aliphatic rings. The van der Waals surface area contributed by atoms with Crippen LogP contribution in [0.3, 0.4) is 0 Å². The first-order chi connectivity index (χ1) is 10.2. The minimum atomic E-state index is -1.80. The van der Waals surface area contributed by atoms with Gasteiger partial charge in [-0.15, -0.1) is 0 Å². The molecule has 4 nitrogen and oxygen atoms in total. The standard InChI is InChI=1S/C16H11NO3S/c18-15-13-9-5-4-8-12(13)10-16(15)14(17-20-21(16)19)11-6-2-1-3-7-11/h1-9H,10H2/t16-,21?/m0/s1. The SMILES string of the molecule is O=C1c2ccccc2C[C@]12C(c1ccccc1)=NOS2=O. The third kappa shape index (κ3) is 1.58. The number of rotatable bonds is 1. The predicted molar refractivity (Wildman–Crippen MR) is 79.4 cm³/mol. The molecule has 0 aromatic heterocycles. The number of benzene rings is 2. The van der Waals surface area contributed by atoms with E-state index in [4.69, 9.17) is 4.28 Å². The summed E-state index contributed by atoms with van der Waals surface area (Å²) in [6.45, 7) is 0. The van der Waals surface area contributed by atoms with Gasteiger partial charge in [0.1, 0.15) is 5.71 Å². The second-order valence-corrected chi connectivity index (χ2v) is 6.42. The highest BCUT2D eigenvalue weighted by atomic mass is 32.2. The van der Waals surface area contributed by atoms with Crippen LogP contribution in [0.5, 0.6) is 0 Å². The molecule has 1 aliphatic carbocycles. The van der Waals surface area contributed by atoms with Gasteiger partial charge in [-0.1, -0.05) is 59.8 Å². The first-order valence-electron chi connectivity index (χ1n) is 6.59. The Labute approximate surface area is 124 Å². The van der Waals surface area contributed by atoms with Crippen molar-refractivity contribution in [1.82, 2.24) is 0 Å². The van der Waals surface area contributed by atoms with Crippen molar-refractivity contribution < 1.29 is 13.3 Å². The molecule has 0 saturated heterocycles. The summed E-state index contributed by atoms with van der Waals surface area (Å²) in [6, 6.07) is 16.7. The van der Waals surface area contributed by atoms with Crippen molar-refractivity contribution >= 4 is 22.6 Å². The van der Waals surface area contributed by atoms with Crippen molar-refractivity contribution in [3.8, 4) is 0 Å². The molecule has 1 heterocycles. The zero-order valence-corrected chi connectivity index (χ0v) is 11.8. The summed E-state index contributed by atoms with van der Waals surface area (Å²) in [7, 11) is 0. The maximum Gasteiger partial charge on any atom is 0.253 e. The minimum absolute atomic E-state index is 0.170. The number of hydrogen-bond donors (Lipinski definition) is 0. The van der Waals surface area contributed by atoms with Crippen molar-refractivity contribution in [2.45, 2.75) is 11.2 Å². The smallest absolute Gasteiger partial charge is 0.253 e. The van der Waals surface area contributed by atoms with E-state index in [9.17, 15) is 9.00 Å². The average Bonchev–Trinajstić information content (AvgIpc) is 3.01. The van der Waals surface area contributed by atoms with Crippen LogP contribution >= 0.6 is 0 Å². The van der Waals surface area contributed by atoms with Crippen LogP contribution in [0.2, 0.25) is 0 Å². The zero-order valence-electron chi connectivity index (χ0n) is 11.0. The molecule has 2 aromatic carbocycles. The maximum atomic E-state index is 12.9. The second-order valence-electron chi connectivity index (χ2n) is 5.11. The molecule has 5 heteroatoms. The maximum absolute atomic E-state index is 12.9. The monoisotopic (exact) mass is 297 g/mol. The highest BCUT2D eigenvalue weighted by molar-refractivity contribution is 7.84. The van der Waals surface area contributed by atoms with E-state index in [1.165, 1.54) is 0 Å². The van der Waals surface area contributed by atoms with Crippen LogP contribution in [0.15, 0.2) is 59.8 Å². The van der Waals surface area contributed by atoms with E-state index in [0.717, 1.165) is 11.1 Å². The van der Waals surface area contributed by atoms with Crippen LogP contribution in [0.4, 0.5) is 0 Å². The fraction of sp³-hybridized carbons (Fsp3) is 0.125. The molecule has 0 radical (unpaired) electrons. The summed E-state index contributed by atoms with van der Waals surface area (Å²) in [5.74, 6) is -0.170. The highest BCUT2D eigenvalue weighted by Gasteiger charge is 2.59. The van der Waals surface area contributed by atoms with Crippen LogP contribution < -0.4 is 0 Å². The van der Waals surface area contributed by atoms with E-state index in [-0.39, 0.29) is 5.78 Å². The van der Waals surface area contributed by atoms with E-state index in [2.05, 4.69) is 5.16 Å². The third-order valence-electron chi connectivity index (χ3n) is 3.98. The lowest BCUT2D eigenvalue weighted by Gasteiger charge is -2.18. The van der Waals surface area contributed by atoms with Gasteiger partial charge in [0.2, 0.25) is 0 Å². The Morgan fingerprint density at radius 2 is 1.76 bits per heavy atom. The quantitative estimate of drug-likeness (QED) is 0.811. The van der Waals surface area contributed by atoms with Gasteiger partial charge in [0.05, 0.1) is 0 Å². The number of nitrogens with zero attached hydrogens (tertiary/aromatic N) is 1. The molecule has 21 heavy (non-hydrogen) atoms. The highest BCUT2D eigenvalue weighted by Crippen LogP contribution is 2.41. The van der Waals surface area contributed by atoms with E-state index in [1.807, 2.05) is 48.5 Å². The zero-order chi connectivity index (χ0) is 14.4. The summed E-state index contributed by atoms with van der Waals surface area (Å²) in [5.41, 5.74) is 2.73. The number of ketones is 1. The Kier molecular flexibility index (Phi) is 2.59. The van der Waals surface area contributed by atoms with E-state index < -0.39 is 15.8 Å². The Bertz CT molecular complexity index is 800. The van der Waals surface area contributed by atoms with Crippen molar-refractivity contribution in [1.29, 1.82) is 0 Å². The summed E-state index contributed by atoms with van der Waals surface area (Å²) in [6.07, 6.45) is 0.363. The normalized spacial score (nSPS) is 26.6. The number of oxime groups is 1.